The Morgan fingerprint density at radius 3 is 2.31 bits per heavy atom. The summed E-state index contributed by atoms with van der Waals surface area (Å²) >= 11 is 0. The highest BCUT2D eigenvalue weighted by Crippen LogP contribution is 2.85. The van der Waals surface area contributed by atoms with Gasteiger partial charge >= 0.3 is 0 Å². The minimum Gasteiger partial charge on any atom is -0.0619 e. The average molecular weight is 176 g/mol. The fourth-order valence-electron chi connectivity index (χ4n) is 6.05. The molecule has 0 amide bonds. The summed E-state index contributed by atoms with van der Waals surface area (Å²) in [6.45, 7) is 7.60. The Morgan fingerprint density at radius 1 is 1.00 bits per heavy atom. The summed E-state index contributed by atoms with van der Waals surface area (Å²) in [5.74, 6) is 8.01. The van der Waals surface area contributed by atoms with E-state index < -0.39 is 0 Å². The van der Waals surface area contributed by atoms with Crippen molar-refractivity contribution in [2.75, 3.05) is 0 Å². The minimum atomic E-state index is 0.811. The third-order valence-corrected chi connectivity index (χ3v) is 6.94. The number of hydrogen-bond donors (Lipinski definition) is 0. The van der Waals surface area contributed by atoms with Gasteiger partial charge in [-0.05, 0) is 59.7 Å². The first-order chi connectivity index (χ1) is 6.17. The summed E-state index contributed by atoms with van der Waals surface area (Å²) in [4.78, 5) is 0. The van der Waals surface area contributed by atoms with Gasteiger partial charge in [0.25, 0.3) is 0 Å². The maximum atomic E-state index is 2.60. The van der Waals surface area contributed by atoms with Gasteiger partial charge in [-0.2, -0.15) is 0 Å². The van der Waals surface area contributed by atoms with Crippen LogP contribution in [0.3, 0.4) is 0 Å². The van der Waals surface area contributed by atoms with Gasteiger partial charge in [-0.1, -0.05) is 20.8 Å². The van der Waals surface area contributed by atoms with Crippen molar-refractivity contribution in [3.8, 4) is 0 Å². The molecule has 0 aliphatic heterocycles. The second-order valence-electron chi connectivity index (χ2n) is 6.55. The van der Waals surface area contributed by atoms with E-state index in [1.165, 1.54) is 23.7 Å². The van der Waals surface area contributed by atoms with Crippen molar-refractivity contribution < 1.29 is 0 Å². The molecule has 0 N–H and O–H groups in total. The molecule has 4 aliphatic rings. The first kappa shape index (κ1) is 7.31. The molecule has 0 heterocycles. The lowest BCUT2D eigenvalue weighted by atomic mass is 9.19. The standard InChI is InChI=1S/C13H20/c1-6-7(2)13(3)11(6)10-8-4-5-9(8)12(10)13/h6-12H,4-5H2,1-3H3. The lowest BCUT2D eigenvalue weighted by molar-refractivity contribution is -0.384. The smallest absolute Gasteiger partial charge is 0.0230 e. The van der Waals surface area contributed by atoms with Crippen LogP contribution >= 0.6 is 0 Å². The summed E-state index contributed by atoms with van der Waals surface area (Å²) in [5.41, 5.74) is 0.811. The van der Waals surface area contributed by atoms with Crippen LogP contribution in [0.4, 0.5) is 0 Å². The third-order valence-electron chi connectivity index (χ3n) is 6.94. The highest BCUT2D eigenvalue weighted by molar-refractivity contribution is 5.27. The molecule has 8 atom stereocenters. The van der Waals surface area contributed by atoms with Crippen molar-refractivity contribution in [3.05, 3.63) is 0 Å². The van der Waals surface area contributed by atoms with Gasteiger partial charge in [-0.25, -0.2) is 0 Å². The second-order valence-corrected chi connectivity index (χ2v) is 6.55. The second kappa shape index (κ2) is 1.73. The molecule has 4 fully saturated rings. The fraction of sp³-hybridized carbons (Fsp3) is 1.00. The molecular formula is C13H20. The van der Waals surface area contributed by atoms with E-state index >= 15 is 0 Å². The Morgan fingerprint density at radius 2 is 1.69 bits per heavy atom. The van der Waals surface area contributed by atoms with Gasteiger partial charge in [0, 0.05) is 0 Å². The van der Waals surface area contributed by atoms with Crippen LogP contribution in [0.2, 0.25) is 0 Å². The predicted octanol–water partition coefficient (Wildman–Crippen LogP) is 3.18. The molecule has 0 saturated heterocycles. The van der Waals surface area contributed by atoms with Crippen LogP contribution in [0.5, 0.6) is 0 Å². The Kier molecular flexibility index (Phi) is 0.971. The van der Waals surface area contributed by atoms with Crippen molar-refractivity contribution in [1.29, 1.82) is 0 Å². The van der Waals surface area contributed by atoms with E-state index in [2.05, 4.69) is 20.8 Å². The lowest BCUT2D eigenvalue weighted by Gasteiger charge is -2.86. The maximum Gasteiger partial charge on any atom is -0.0230 e. The molecule has 0 nitrogen and oxygen atoms in total. The molecule has 4 rings (SSSR count). The van der Waals surface area contributed by atoms with Crippen LogP contribution in [-0.2, 0) is 0 Å². The molecule has 0 spiro atoms. The van der Waals surface area contributed by atoms with Gasteiger partial charge in [0.1, 0.15) is 0 Å². The quantitative estimate of drug-likeness (QED) is 0.532. The SMILES string of the molecule is CC1C(C)C2(C)C1C1C3CCC3C12. The molecule has 4 saturated carbocycles. The maximum absolute atomic E-state index is 2.60. The van der Waals surface area contributed by atoms with E-state index in [-0.39, 0.29) is 0 Å². The summed E-state index contributed by atoms with van der Waals surface area (Å²) < 4.78 is 0. The first-order valence-corrected chi connectivity index (χ1v) is 6.17. The summed E-state index contributed by atoms with van der Waals surface area (Å²) in [6.07, 6.45) is 3.16. The monoisotopic (exact) mass is 176 g/mol. The van der Waals surface area contributed by atoms with E-state index in [0.717, 1.165) is 23.2 Å². The highest BCUT2D eigenvalue weighted by atomic mass is 14.8. The molecule has 0 aromatic rings. The molecule has 8 unspecified atom stereocenters. The van der Waals surface area contributed by atoms with Crippen LogP contribution in [0.15, 0.2) is 0 Å². The van der Waals surface area contributed by atoms with Crippen LogP contribution in [0, 0.1) is 46.8 Å². The van der Waals surface area contributed by atoms with Crippen LogP contribution in [0.1, 0.15) is 33.6 Å². The molecule has 72 valence electrons. The molecule has 0 bridgehead atoms. The molecule has 0 aromatic carbocycles. The van der Waals surface area contributed by atoms with Crippen molar-refractivity contribution in [3.63, 3.8) is 0 Å². The summed E-state index contributed by atoms with van der Waals surface area (Å²) in [7, 11) is 0. The third kappa shape index (κ3) is 0.461. The molecule has 0 heteroatoms. The zero-order valence-corrected chi connectivity index (χ0v) is 8.96. The molecule has 0 aromatic heterocycles. The Hall–Kier alpha value is 0. The predicted molar refractivity (Wildman–Crippen MR) is 53.1 cm³/mol. The average Bonchev–Trinajstić information content (AvgIpc) is 2.09. The minimum absolute atomic E-state index is 0.811. The van der Waals surface area contributed by atoms with Gasteiger partial charge in [0.2, 0.25) is 0 Å². The van der Waals surface area contributed by atoms with Crippen LogP contribution in [-0.4, -0.2) is 0 Å². The van der Waals surface area contributed by atoms with E-state index in [1.54, 1.807) is 12.8 Å². The van der Waals surface area contributed by atoms with Gasteiger partial charge in [-0.15, -0.1) is 0 Å². The van der Waals surface area contributed by atoms with Gasteiger partial charge in [0.05, 0.1) is 0 Å². The number of hydrogen-bond acceptors (Lipinski definition) is 0. The van der Waals surface area contributed by atoms with Gasteiger partial charge < -0.3 is 0 Å². The largest absolute Gasteiger partial charge is 0.0619 e. The normalized spacial score (nSPS) is 77.3. The van der Waals surface area contributed by atoms with Crippen molar-refractivity contribution >= 4 is 0 Å². The van der Waals surface area contributed by atoms with Crippen LogP contribution in [0.25, 0.3) is 0 Å². The summed E-state index contributed by atoms with van der Waals surface area (Å²) in [6, 6.07) is 0. The van der Waals surface area contributed by atoms with E-state index in [9.17, 15) is 0 Å². The fourth-order valence-corrected chi connectivity index (χ4v) is 6.05. The van der Waals surface area contributed by atoms with E-state index in [1.807, 2.05) is 0 Å². The highest BCUT2D eigenvalue weighted by Gasteiger charge is 2.80. The molecule has 4 aliphatic carbocycles. The van der Waals surface area contributed by atoms with Gasteiger partial charge in [0.15, 0.2) is 0 Å². The van der Waals surface area contributed by atoms with Crippen molar-refractivity contribution in [1.82, 2.24) is 0 Å². The van der Waals surface area contributed by atoms with Crippen molar-refractivity contribution in [2.45, 2.75) is 33.6 Å². The first-order valence-electron chi connectivity index (χ1n) is 6.17. The zero-order valence-electron chi connectivity index (χ0n) is 8.96. The summed E-state index contributed by atoms with van der Waals surface area (Å²) in [5, 5.41) is 0. The molecule has 13 heavy (non-hydrogen) atoms. The Labute approximate surface area is 81.1 Å². The lowest BCUT2D eigenvalue weighted by Crippen LogP contribution is -2.81. The van der Waals surface area contributed by atoms with Gasteiger partial charge in [-0.3, -0.25) is 0 Å². The van der Waals surface area contributed by atoms with E-state index in [0.29, 0.717) is 0 Å². The zero-order chi connectivity index (χ0) is 8.96. The van der Waals surface area contributed by atoms with Crippen LogP contribution < -0.4 is 0 Å². The van der Waals surface area contributed by atoms with E-state index in [4.69, 9.17) is 0 Å². The Balaban J connectivity index is 1.70. The molecular weight excluding hydrogens is 156 g/mol. The Bertz CT molecular complexity index is 270. The van der Waals surface area contributed by atoms with Crippen molar-refractivity contribution in [2.24, 2.45) is 46.8 Å². The molecule has 0 radical (unpaired) electrons. The topological polar surface area (TPSA) is 0 Å². The number of fused-ring (bicyclic) bond motifs is 7. The number of rotatable bonds is 0.